The van der Waals surface area contributed by atoms with Crippen LogP contribution in [-0.4, -0.2) is 29.5 Å². The zero-order valence-corrected chi connectivity index (χ0v) is 10.6. The second-order valence-electron chi connectivity index (χ2n) is 5.45. The van der Waals surface area contributed by atoms with Gasteiger partial charge in [0.1, 0.15) is 5.60 Å². The molecule has 1 aliphatic carbocycles. The van der Waals surface area contributed by atoms with E-state index in [1.807, 2.05) is 18.2 Å². The van der Waals surface area contributed by atoms with Crippen LogP contribution in [0.4, 0.5) is 5.69 Å². The van der Waals surface area contributed by atoms with Crippen LogP contribution in [0, 0.1) is 0 Å². The Balaban J connectivity index is 1.78. The summed E-state index contributed by atoms with van der Waals surface area (Å²) < 4.78 is 5.76. The molecule has 3 rings (SSSR count). The monoisotopic (exact) mass is 247 g/mol. The fourth-order valence-electron chi connectivity index (χ4n) is 3.29. The zero-order chi connectivity index (χ0) is 12.4. The van der Waals surface area contributed by atoms with Crippen molar-refractivity contribution >= 4 is 5.69 Å². The fraction of sp³-hybridized carbons (Fsp3) is 0.600. The average molecular weight is 247 g/mol. The molecule has 0 unspecified atom stereocenters. The van der Waals surface area contributed by atoms with E-state index in [-0.39, 0.29) is 12.1 Å². The smallest absolute Gasteiger partial charge is 0.111 e. The van der Waals surface area contributed by atoms with Crippen molar-refractivity contribution in [3.05, 3.63) is 30.3 Å². The topological polar surface area (TPSA) is 41.5 Å². The molecule has 0 spiro atoms. The summed E-state index contributed by atoms with van der Waals surface area (Å²) in [6, 6.07) is 10.3. The van der Waals surface area contributed by atoms with Gasteiger partial charge in [-0.1, -0.05) is 31.0 Å². The van der Waals surface area contributed by atoms with Gasteiger partial charge >= 0.3 is 0 Å². The summed E-state index contributed by atoms with van der Waals surface area (Å²) in [6.45, 7) is 0.747. The van der Waals surface area contributed by atoms with Gasteiger partial charge in [-0.3, -0.25) is 0 Å². The predicted molar refractivity (Wildman–Crippen MR) is 71.6 cm³/mol. The number of rotatable bonds is 2. The summed E-state index contributed by atoms with van der Waals surface area (Å²) in [7, 11) is 0. The maximum absolute atomic E-state index is 10.9. The highest BCUT2D eigenvalue weighted by Crippen LogP contribution is 2.38. The third-order valence-electron chi connectivity index (χ3n) is 4.29. The number of anilines is 1. The first-order valence-electron chi connectivity index (χ1n) is 6.94. The van der Waals surface area contributed by atoms with Crippen molar-refractivity contribution in [3.63, 3.8) is 0 Å². The Labute approximate surface area is 108 Å². The Hall–Kier alpha value is -1.06. The van der Waals surface area contributed by atoms with Gasteiger partial charge in [0.2, 0.25) is 0 Å². The highest BCUT2D eigenvalue weighted by atomic mass is 16.5. The number of nitrogens with one attached hydrogen (secondary N) is 1. The lowest BCUT2D eigenvalue weighted by Gasteiger charge is -2.48. The number of para-hydroxylation sites is 1. The maximum atomic E-state index is 10.9. The van der Waals surface area contributed by atoms with Crippen molar-refractivity contribution in [2.75, 3.05) is 11.9 Å². The average Bonchev–Trinajstić information content (AvgIpc) is 2.41. The van der Waals surface area contributed by atoms with Crippen molar-refractivity contribution in [3.8, 4) is 0 Å². The van der Waals surface area contributed by atoms with Gasteiger partial charge in [0, 0.05) is 12.3 Å². The third kappa shape index (κ3) is 2.13. The van der Waals surface area contributed by atoms with Crippen LogP contribution in [0.2, 0.25) is 0 Å². The van der Waals surface area contributed by atoms with E-state index < -0.39 is 5.60 Å². The molecule has 1 saturated heterocycles. The van der Waals surface area contributed by atoms with Gasteiger partial charge in [-0.2, -0.15) is 0 Å². The van der Waals surface area contributed by atoms with Crippen molar-refractivity contribution < 1.29 is 9.84 Å². The summed E-state index contributed by atoms with van der Waals surface area (Å²) in [4.78, 5) is 0. The van der Waals surface area contributed by atoms with E-state index in [1.165, 1.54) is 6.42 Å². The van der Waals surface area contributed by atoms with Crippen LogP contribution in [-0.2, 0) is 4.74 Å². The first-order valence-corrected chi connectivity index (χ1v) is 6.94. The first kappa shape index (κ1) is 12.0. The van der Waals surface area contributed by atoms with Gasteiger partial charge in [-0.15, -0.1) is 0 Å². The van der Waals surface area contributed by atoms with Gasteiger partial charge in [0.05, 0.1) is 12.1 Å². The highest BCUT2D eigenvalue weighted by Gasteiger charge is 2.48. The normalized spacial score (nSPS) is 35.8. The van der Waals surface area contributed by atoms with Crippen LogP contribution in [0.25, 0.3) is 0 Å². The standard InChI is InChI=1S/C15H21NO2/c17-15-10-5-4-8-14(15)18-11-9-13(15)16-12-6-2-1-3-7-12/h1-3,6-7,13-14,16-17H,4-5,8-11H2/t13-,14+,15+/m1/s1. The molecule has 3 heteroatoms. The minimum atomic E-state index is -0.688. The van der Waals surface area contributed by atoms with Crippen LogP contribution >= 0.6 is 0 Å². The number of fused-ring (bicyclic) bond motifs is 1. The summed E-state index contributed by atoms with van der Waals surface area (Å²) >= 11 is 0. The molecule has 1 saturated carbocycles. The Morgan fingerprint density at radius 1 is 1.17 bits per heavy atom. The van der Waals surface area contributed by atoms with E-state index in [9.17, 15) is 5.11 Å². The van der Waals surface area contributed by atoms with E-state index in [4.69, 9.17) is 4.74 Å². The summed E-state index contributed by atoms with van der Waals surface area (Å²) in [6.07, 6.45) is 5.00. The van der Waals surface area contributed by atoms with Crippen molar-refractivity contribution in [1.29, 1.82) is 0 Å². The van der Waals surface area contributed by atoms with E-state index in [0.717, 1.165) is 38.0 Å². The van der Waals surface area contributed by atoms with Crippen LogP contribution in [0.1, 0.15) is 32.1 Å². The molecule has 2 fully saturated rings. The van der Waals surface area contributed by atoms with E-state index in [2.05, 4.69) is 17.4 Å². The lowest BCUT2D eigenvalue weighted by molar-refractivity contribution is -0.169. The lowest BCUT2D eigenvalue weighted by Crippen LogP contribution is -2.60. The summed E-state index contributed by atoms with van der Waals surface area (Å²) in [5.74, 6) is 0. The second-order valence-corrected chi connectivity index (χ2v) is 5.45. The molecule has 1 aliphatic heterocycles. The highest BCUT2D eigenvalue weighted by molar-refractivity contribution is 5.44. The molecule has 0 radical (unpaired) electrons. The summed E-state index contributed by atoms with van der Waals surface area (Å²) in [5.41, 5.74) is 0.397. The van der Waals surface area contributed by atoms with E-state index >= 15 is 0 Å². The molecule has 3 nitrogen and oxygen atoms in total. The zero-order valence-electron chi connectivity index (χ0n) is 10.6. The molecule has 0 amide bonds. The van der Waals surface area contributed by atoms with Crippen molar-refractivity contribution in [2.24, 2.45) is 0 Å². The predicted octanol–water partition coefficient (Wildman–Crippen LogP) is 2.56. The molecule has 1 aromatic carbocycles. The Bertz CT molecular complexity index is 393. The molecule has 18 heavy (non-hydrogen) atoms. The Morgan fingerprint density at radius 3 is 2.83 bits per heavy atom. The Kier molecular flexibility index (Phi) is 3.27. The molecule has 3 atom stereocenters. The molecule has 1 aromatic rings. The van der Waals surface area contributed by atoms with Gasteiger partial charge in [-0.25, -0.2) is 0 Å². The van der Waals surface area contributed by atoms with Crippen molar-refractivity contribution in [2.45, 2.75) is 49.9 Å². The minimum absolute atomic E-state index is 0.0150. The van der Waals surface area contributed by atoms with Gasteiger partial charge in [-0.05, 0) is 31.4 Å². The minimum Gasteiger partial charge on any atom is -0.385 e. The molecule has 2 N–H and O–H groups in total. The van der Waals surface area contributed by atoms with Crippen LogP contribution in [0.5, 0.6) is 0 Å². The fourth-order valence-corrected chi connectivity index (χ4v) is 3.29. The summed E-state index contributed by atoms with van der Waals surface area (Å²) in [5, 5.41) is 14.4. The molecule has 0 bridgehead atoms. The second kappa shape index (κ2) is 4.90. The number of ether oxygens (including phenoxy) is 1. The van der Waals surface area contributed by atoms with Crippen LogP contribution < -0.4 is 5.32 Å². The SMILES string of the molecule is O[C@]12CCCC[C@@H]1OCC[C@H]2Nc1ccccc1. The molecule has 2 aliphatic rings. The Morgan fingerprint density at radius 2 is 2.00 bits per heavy atom. The number of hydrogen-bond donors (Lipinski definition) is 2. The van der Waals surface area contributed by atoms with E-state index in [1.54, 1.807) is 0 Å². The maximum Gasteiger partial charge on any atom is 0.111 e. The largest absolute Gasteiger partial charge is 0.385 e. The molecular formula is C15H21NO2. The van der Waals surface area contributed by atoms with E-state index in [0.29, 0.717) is 0 Å². The van der Waals surface area contributed by atoms with Gasteiger partial charge in [0.15, 0.2) is 0 Å². The van der Waals surface area contributed by atoms with Crippen LogP contribution in [0.15, 0.2) is 30.3 Å². The molecular weight excluding hydrogens is 226 g/mol. The molecule has 0 aromatic heterocycles. The number of aliphatic hydroxyl groups is 1. The quantitative estimate of drug-likeness (QED) is 0.844. The molecule has 1 heterocycles. The van der Waals surface area contributed by atoms with Gasteiger partial charge in [0.25, 0.3) is 0 Å². The number of benzene rings is 1. The molecule has 98 valence electrons. The van der Waals surface area contributed by atoms with Crippen molar-refractivity contribution in [1.82, 2.24) is 0 Å². The van der Waals surface area contributed by atoms with Crippen LogP contribution in [0.3, 0.4) is 0 Å². The first-order chi connectivity index (χ1) is 8.79. The lowest BCUT2D eigenvalue weighted by atomic mass is 9.74. The third-order valence-corrected chi connectivity index (χ3v) is 4.29. The van der Waals surface area contributed by atoms with Gasteiger partial charge < -0.3 is 15.2 Å². The number of hydrogen-bond acceptors (Lipinski definition) is 3.